The molecule has 3 rings (SSSR count). The van der Waals surface area contributed by atoms with Crippen LogP contribution in [-0.2, 0) is 0 Å². The molecule has 120 valence electrons. The van der Waals surface area contributed by atoms with Crippen LogP contribution in [0.1, 0.15) is 36.7 Å². The monoisotopic (exact) mass is 304 g/mol. The predicted octanol–water partition coefficient (Wildman–Crippen LogP) is 1.17. The van der Waals surface area contributed by atoms with E-state index < -0.39 is 5.60 Å². The Bertz CT molecular complexity index is 573. The second-order valence-electron chi connectivity index (χ2n) is 6.86. The third-order valence-corrected chi connectivity index (χ3v) is 5.18. The third-order valence-electron chi connectivity index (χ3n) is 5.18. The SMILES string of the molecule is CC1CN(c2cncc(C(=O)N(C)C)n2)CC1(O)C1CCC1. The quantitative estimate of drug-likeness (QED) is 0.907. The van der Waals surface area contributed by atoms with Crippen LogP contribution < -0.4 is 4.90 Å². The van der Waals surface area contributed by atoms with Gasteiger partial charge in [-0.1, -0.05) is 13.3 Å². The summed E-state index contributed by atoms with van der Waals surface area (Å²) < 4.78 is 0. The first-order valence-electron chi connectivity index (χ1n) is 7.93. The summed E-state index contributed by atoms with van der Waals surface area (Å²) in [6.07, 6.45) is 6.60. The zero-order valence-electron chi connectivity index (χ0n) is 13.5. The number of hydrogen-bond donors (Lipinski definition) is 1. The maximum absolute atomic E-state index is 12.0. The Balaban J connectivity index is 1.80. The largest absolute Gasteiger partial charge is 0.387 e. The van der Waals surface area contributed by atoms with Crippen molar-refractivity contribution in [2.75, 3.05) is 32.1 Å². The van der Waals surface area contributed by atoms with Gasteiger partial charge in [-0.2, -0.15) is 0 Å². The van der Waals surface area contributed by atoms with E-state index in [0.29, 0.717) is 24.0 Å². The van der Waals surface area contributed by atoms with Gasteiger partial charge in [0.25, 0.3) is 5.91 Å². The van der Waals surface area contributed by atoms with E-state index in [4.69, 9.17) is 0 Å². The van der Waals surface area contributed by atoms with Gasteiger partial charge >= 0.3 is 0 Å². The van der Waals surface area contributed by atoms with Crippen LogP contribution in [0.25, 0.3) is 0 Å². The van der Waals surface area contributed by atoms with Crippen LogP contribution >= 0.6 is 0 Å². The molecule has 6 nitrogen and oxygen atoms in total. The Morgan fingerprint density at radius 2 is 2.14 bits per heavy atom. The second-order valence-corrected chi connectivity index (χ2v) is 6.86. The highest BCUT2D eigenvalue weighted by Crippen LogP contribution is 2.44. The topological polar surface area (TPSA) is 69.6 Å². The summed E-state index contributed by atoms with van der Waals surface area (Å²) in [6.45, 7) is 3.43. The molecule has 1 aliphatic carbocycles. The summed E-state index contributed by atoms with van der Waals surface area (Å²) >= 11 is 0. The number of carbonyl (C=O) groups excluding carboxylic acids is 1. The fraction of sp³-hybridized carbons (Fsp3) is 0.688. The highest BCUT2D eigenvalue weighted by atomic mass is 16.3. The summed E-state index contributed by atoms with van der Waals surface area (Å²) in [5, 5.41) is 11.0. The summed E-state index contributed by atoms with van der Waals surface area (Å²) in [6, 6.07) is 0. The molecule has 2 fully saturated rings. The lowest BCUT2D eigenvalue weighted by atomic mass is 9.69. The van der Waals surface area contributed by atoms with Gasteiger partial charge in [0.2, 0.25) is 0 Å². The summed E-state index contributed by atoms with van der Waals surface area (Å²) in [5.74, 6) is 1.12. The van der Waals surface area contributed by atoms with Gasteiger partial charge in [0.05, 0.1) is 18.0 Å². The Labute approximate surface area is 131 Å². The molecule has 2 heterocycles. The molecule has 1 aromatic rings. The van der Waals surface area contributed by atoms with Crippen molar-refractivity contribution in [2.45, 2.75) is 31.8 Å². The predicted molar refractivity (Wildman–Crippen MR) is 83.7 cm³/mol. The van der Waals surface area contributed by atoms with Crippen molar-refractivity contribution >= 4 is 11.7 Å². The van der Waals surface area contributed by atoms with E-state index in [1.807, 2.05) is 0 Å². The molecule has 2 atom stereocenters. The van der Waals surface area contributed by atoms with Crippen LogP contribution in [0.5, 0.6) is 0 Å². The normalized spacial score (nSPS) is 28.5. The fourth-order valence-corrected chi connectivity index (χ4v) is 3.47. The second kappa shape index (κ2) is 5.50. The zero-order chi connectivity index (χ0) is 15.9. The maximum Gasteiger partial charge on any atom is 0.273 e. The average Bonchev–Trinajstić information content (AvgIpc) is 2.72. The van der Waals surface area contributed by atoms with Crippen LogP contribution in [0.4, 0.5) is 5.82 Å². The summed E-state index contributed by atoms with van der Waals surface area (Å²) in [7, 11) is 3.40. The minimum absolute atomic E-state index is 0.157. The van der Waals surface area contributed by atoms with Crippen molar-refractivity contribution in [2.24, 2.45) is 11.8 Å². The van der Waals surface area contributed by atoms with E-state index in [0.717, 1.165) is 19.4 Å². The average molecular weight is 304 g/mol. The minimum atomic E-state index is -0.637. The van der Waals surface area contributed by atoms with E-state index >= 15 is 0 Å². The molecule has 1 saturated carbocycles. The van der Waals surface area contributed by atoms with Gasteiger partial charge in [0.1, 0.15) is 11.5 Å². The molecular formula is C16H24N4O2. The molecule has 1 amide bonds. The molecular weight excluding hydrogens is 280 g/mol. The van der Waals surface area contributed by atoms with Gasteiger partial charge in [-0.05, 0) is 18.8 Å². The first-order chi connectivity index (χ1) is 10.4. The van der Waals surface area contributed by atoms with Crippen molar-refractivity contribution in [1.82, 2.24) is 14.9 Å². The van der Waals surface area contributed by atoms with Gasteiger partial charge in [0, 0.05) is 33.1 Å². The smallest absolute Gasteiger partial charge is 0.273 e. The standard InChI is InChI=1S/C16H24N4O2/c1-11-9-20(10-16(11,22)12-5-4-6-12)14-8-17-7-13(18-14)15(21)19(2)3/h7-8,11-12,22H,4-6,9-10H2,1-3H3. The molecule has 2 unspecified atom stereocenters. The highest BCUT2D eigenvalue weighted by molar-refractivity contribution is 5.91. The number of rotatable bonds is 3. The molecule has 1 saturated heterocycles. The van der Waals surface area contributed by atoms with Crippen LogP contribution in [0.15, 0.2) is 12.4 Å². The first kappa shape index (κ1) is 15.2. The number of hydrogen-bond acceptors (Lipinski definition) is 5. The summed E-state index contributed by atoms with van der Waals surface area (Å²) in [4.78, 5) is 24.2. The molecule has 0 aromatic carbocycles. The Hall–Kier alpha value is -1.69. The van der Waals surface area contributed by atoms with Crippen LogP contribution in [0.2, 0.25) is 0 Å². The fourth-order valence-electron chi connectivity index (χ4n) is 3.47. The summed E-state index contributed by atoms with van der Waals surface area (Å²) in [5.41, 5.74) is -0.296. The lowest BCUT2D eigenvalue weighted by molar-refractivity contribution is -0.0615. The molecule has 1 aliphatic heterocycles. The third kappa shape index (κ3) is 2.45. The highest BCUT2D eigenvalue weighted by Gasteiger charge is 2.50. The van der Waals surface area contributed by atoms with E-state index in [2.05, 4.69) is 21.8 Å². The number of aliphatic hydroxyl groups is 1. The van der Waals surface area contributed by atoms with Crippen molar-refractivity contribution in [3.05, 3.63) is 18.1 Å². The molecule has 6 heteroatoms. The van der Waals surface area contributed by atoms with Crippen molar-refractivity contribution in [1.29, 1.82) is 0 Å². The lowest BCUT2D eigenvalue weighted by Gasteiger charge is -2.41. The zero-order valence-corrected chi connectivity index (χ0v) is 13.5. The molecule has 0 radical (unpaired) electrons. The number of carbonyl (C=O) groups is 1. The van der Waals surface area contributed by atoms with Gasteiger partial charge in [0.15, 0.2) is 0 Å². The molecule has 0 bridgehead atoms. The first-order valence-corrected chi connectivity index (χ1v) is 7.93. The number of nitrogens with zero attached hydrogens (tertiary/aromatic N) is 4. The molecule has 22 heavy (non-hydrogen) atoms. The lowest BCUT2D eigenvalue weighted by Crippen LogP contribution is -2.47. The van der Waals surface area contributed by atoms with E-state index in [9.17, 15) is 9.90 Å². The minimum Gasteiger partial charge on any atom is -0.387 e. The van der Waals surface area contributed by atoms with E-state index in [-0.39, 0.29) is 11.8 Å². The van der Waals surface area contributed by atoms with Gasteiger partial charge in [-0.25, -0.2) is 4.98 Å². The van der Waals surface area contributed by atoms with Gasteiger partial charge < -0.3 is 14.9 Å². The van der Waals surface area contributed by atoms with Crippen molar-refractivity contribution in [3.63, 3.8) is 0 Å². The Morgan fingerprint density at radius 1 is 1.41 bits per heavy atom. The number of aromatic nitrogens is 2. The number of anilines is 1. The number of β-amino-alcohol motifs (C(OH)–C–C–N with tert-alkyl or cyclic N) is 1. The molecule has 2 aliphatic rings. The Kier molecular flexibility index (Phi) is 3.80. The molecule has 0 spiro atoms. The van der Waals surface area contributed by atoms with E-state index in [1.54, 1.807) is 20.3 Å². The molecule has 1 N–H and O–H groups in total. The van der Waals surface area contributed by atoms with Gasteiger partial charge in [-0.3, -0.25) is 9.78 Å². The van der Waals surface area contributed by atoms with Crippen molar-refractivity contribution < 1.29 is 9.90 Å². The van der Waals surface area contributed by atoms with Crippen LogP contribution in [-0.4, -0.2) is 58.7 Å². The van der Waals surface area contributed by atoms with Crippen molar-refractivity contribution in [3.8, 4) is 0 Å². The van der Waals surface area contributed by atoms with Crippen LogP contribution in [0, 0.1) is 11.8 Å². The maximum atomic E-state index is 12.0. The Morgan fingerprint density at radius 3 is 2.73 bits per heavy atom. The van der Waals surface area contributed by atoms with Gasteiger partial charge in [-0.15, -0.1) is 0 Å². The van der Waals surface area contributed by atoms with E-state index in [1.165, 1.54) is 17.5 Å². The number of amides is 1. The van der Waals surface area contributed by atoms with Crippen LogP contribution in [0.3, 0.4) is 0 Å². The molecule has 1 aromatic heterocycles.